The van der Waals surface area contributed by atoms with Gasteiger partial charge in [-0.2, -0.15) is 0 Å². The van der Waals surface area contributed by atoms with Gasteiger partial charge in [0.05, 0.1) is 25.9 Å². The predicted molar refractivity (Wildman–Crippen MR) is 98.9 cm³/mol. The minimum atomic E-state index is -0.922. The van der Waals surface area contributed by atoms with Crippen LogP contribution in [0.1, 0.15) is 17.5 Å². The number of morpholine rings is 1. The van der Waals surface area contributed by atoms with Gasteiger partial charge in [-0.3, -0.25) is 4.90 Å². The summed E-state index contributed by atoms with van der Waals surface area (Å²) < 4.78 is 10.8. The lowest BCUT2D eigenvalue weighted by molar-refractivity contribution is -0.00461. The van der Waals surface area contributed by atoms with Crippen LogP contribution in [0.4, 0.5) is 0 Å². The molecule has 4 heteroatoms. The number of hydrogen-bond acceptors (Lipinski definition) is 4. The van der Waals surface area contributed by atoms with Crippen LogP contribution in [0, 0.1) is 0 Å². The number of ether oxygens (including phenoxy) is 2. The van der Waals surface area contributed by atoms with Crippen LogP contribution >= 0.6 is 0 Å². The van der Waals surface area contributed by atoms with Crippen molar-refractivity contribution in [1.82, 2.24) is 4.90 Å². The van der Waals surface area contributed by atoms with Gasteiger partial charge >= 0.3 is 0 Å². The molecule has 2 aromatic rings. The molecule has 0 bridgehead atoms. The molecule has 25 heavy (non-hydrogen) atoms. The first-order chi connectivity index (χ1) is 12.2. The second-order valence-corrected chi connectivity index (χ2v) is 6.63. The van der Waals surface area contributed by atoms with Gasteiger partial charge in [-0.05, 0) is 29.7 Å². The average molecular weight is 341 g/mol. The van der Waals surface area contributed by atoms with Crippen molar-refractivity contribution in [2.75, 3.05) is 40.0 Å². The van der Waals surface area contributed by atoms with Crippen LogP contribution in [0.5, 0.6) is 5.75 Å². The maximum Gasteiger partial charge on any atom is 0.119 e. The highest BCUT2D eigenvalue weighted by Gasteiger charge is 2.31. The standard InChI is InChI=1S/C21H27NO3/c1-24-20-9-5-8-19(16-20)21(23,17-18-6-3-2-4-7-18)10-11-22-12-14-25-15-13-22/h2-9,16,23H,10-15,17H2,1H3. The van der Waals surface area contributed by atoms with Crippen LogP contribution in [0.3, 0.4) is 0 Å². The molecule has 3 rings (SSSR count). The van der Waals surface area contributed by atoms with Gasteiger partial charge in [-0.15, -0.1) is 0 Å². The number of aliphatic hydroxyl groups is 1. The van der Waals surface area contributed by atoms with Crippen molar-refractivity contribution >= 4 is 0 Å². The molecule has 0 spiro atoms. The molecule has 0 saturated carbocycles. The molecular weight excluding hydrogens is 314 g/mol. The molecule has 1 aliphatic rings. The second-order valence-electron chi connectivity index (χ2n) is 6.63. The SMILES string of the molecule is COc1cccc(C(O)(CCN2CCOCC2)Cc2ccccc2)c1. The lowest BCUT2D eigenvalue weighted by Crippen LogP contribution is -2.40. The Morgan fingerprint density at radius 2 is 1.84 bits per heavy atom. The van der Waals surface area contributed by atoms with E-state index in [2.05, 4.69) is 17.0 Å². The molecule has 1 unspecified atom stereocenters. The first kappa shape index (κ1) is 17.9. The third-order valence-corrected chi connectivity index (χ3v) is 4.89. The van der Waals surface area contributed by atoms with Gasteiger partial charge in [0.2, 0.25) is 0 Å². The van der Waals surface area contributed by atoms with E-state index in [-0.39, 0.29) is 0 Å². The lowest BCUT2D eigenvalue weighted by atomic mass is 9.84. The van der Waals surface area contributed by atoms with E-state index >= 15 is 0 Å². The van der Waals surface area contributed by atoms with Crippen LogP contribution in [-0.2, 0) is 16.8 Å². The molecule has 1 heterocycles. The molecule has 1 fully saturated rings. The van der Waals surface area contributed by atoms with Crippen molar-refractivity contribution in [1.29, 1.82) is 0 Å². The summed E-state index contributed by atoms with van der Waals surface area (Å²) in [5.74, 6) is 0.773. The molecule has 134 valence electrons. The van der Waals surface area contributed by atoms with E-state index in [1.54, 1.807) is 7.11 Å². The van der Waals surface area contributed by atoms with Gasteiger partial charge in [0.1, 0.15) is 5.75 Å². The Labute approximate surface area is 150 Å². The zero-order valence-corrected chi connectivity index (χ0v) is 14.9. The third-order valence-electron chi connectivity index (χ3n) is 4.89. The minimum Gasteiger partial charge on any atom is -0.497 e. The summed E-state index contributed by atoms with van der Waals surface area (Å²) in [6, 6.07) is 18.0. The normalized spacial score (nSPS) is 17.8. The number of benzene rings is 2. The fourth-order valence-corrected chi connectivity index (χ4v) is 3.35. The van der Waals surface area contributed by atoms with Gasteiger partial charge < -0.3 is 14.6 Å². The first-order valence-electron chi connectivity index (χ1n) is 8.90. The molecule has 4 nitrogen and oxygen atoms in total. The van der Waals surface area contributed by atoms with E-state index < -0.39 is 5.60 Å². The number of hydrogen-bond donors (Lipinski definition) is 1. The topological polar surface area (TPSA) is 41.9 Å². The summed E-state index contributed by atoms with van der Waals surface area (Å²) in [5, 5.41) is 11.6. The van der Waals surface area contributed by atoms with Crippen LogP contribution in [-0.4, -0.2) is 50.0 Å². The van der Waals surface area contributed by atoms with Crippen molar-refractivity contribution in [3.8, 4) is 5.75 Å². The van der Waals surface area contributed by atoms with E-state index in [1.165, 1.54) is 0 Å². The highest BCUT2D eigenvalue weighted by Crippen LogP contribution is 2.32. The Morgan fingerprint density at radius 3 is 2.56 bits per heavy atom. The zero-order valence-electron chi connectivity index (χ0n) is 14.9. The molecule has 1 atom stereocenters. The number of methoxy groups -OCH3 is 1. The largest absolute Gasteiger partial charge is 0.497 e. The number of rotatable bonds is 7. The van der Waals surface area contributed by atoms with E-state index in [0.29, 0.717) is 12.8 Å². The Kier molecular flexibility index (Phi) is 6.08. The summed E-state index contributed by atoms with van der Waals surface area (Å²) in [4.78, 5) is 2.36. The van der Waals surface area contributed by atoms with Gasteiger partial charge in [0, 0.05) is 26.1 Å². The van der Waals surface area contributed by atoms with Crippen molar-refractivity contribution < 1.29 is 14.6 Å². The maximum atomic E-state index is 11.6. The van der Waals surface area contributed by atoms with E-state index in [4.69, 9.17) is 9.47 Å². The highest BCUT2D eigenvalue weighted by atomic mass is 16.5. The van der Waals surface area contributed by atoms with Crippen LogP contribution in [0.25, 0.3) is 0 Å². The smallest absolute Gasteiger partial charge is 0.119 e. The Morgan fingerprint density at radius 1 is 1.08 bits per heavy atom. The Hall–Kier alpha value is -1.88. The minimum absolute atomic E-state index is 0.589. The molecule has 1 saturated heterocycles. The molecule has 1 N–H and O–H groups in total. The lowest BCUT2D eigenvalue weighted by Gasteiger charge is -2.33. The Bertz CT molecular complexity index is 655. The van der Waals surface area contributed by atoms with Crippen molar-refractivity contribution in [2.24, 2.45) is 0 Å². The van der Waals surface area contributed by atoms with Crippen molar-refractivity contribution in [3.63, 3.8) is 0 Å². The van der Waals surface area contributed by atoms with E-state index in [9.17, 15) is 5.11 Å². The van der Waals surface area contributed by atoms with E-state index in [0.717, 1.165) is 49.7 Å². The highest BCUT2D eigenvalue weighted by molar-refractivity contribution is 5.34. The molecular formula is C21H27NO3. The van der Waals surface area contributed by atoms with Crippen molar-refractivity contribution in [3.05, 3.63) is 65.7 Å². The average Bonchev–Trinajstić information content (AvgIpc) is 2.68. The molecule has 1 aliphatic heterocycles. The summed E-state index contributed by atoms with van der Waals surface area (Å²) in [6.07, 6.45) is 1.26. The summed E-state index contributed by atoms with van der Waals surface area (Å²) in [7, 11) is 1.66. The molecule has 0 aliphatic carbocycles. The molecule has 0 radical (unpaired) electrons. The Balaban J connectivity index is 1.81. The van der Waals surface area contributed by atoms with Gasteiger partial charge in [0.15, 0.2) is 0 Å². The fourth-order valence-electron chi connectivity index (χ4n) is 3.35. The fraction of sp³-hybridized carbons (Fsp3) is 0.429. The van der Waals surface area contributed by atoms with Crippen LogP contribution in [0.2, 0.25) is 0 Å². The van der Waals surface area contributed by atoms with Gasteiger partial charge in [0.25, 0.3) is 0 Å². The second kappa shape index (κ2) is 8.48. The molecule has 0 aromatic heterocycles. The summed E-state index contributed by atoms with van der Waals surface area (Å²) >= 11 is 0. The van der Waals surface area contributed by atoms with Crippen LogP contribution in [0.15, 0.2) is 54.6 Å². The zero-order chi connectivity index (χ0) is 17.5. The van der Waals surface area contributed by atoms with Crippen LogP contribution < -0.4 is 4.74 Å². The quantitative estimate of drug-likeness (QED) is 0.841. The van der Waals surface area contributed by atoms with Crippen molar-refractivity contribution in [2.45, 2.75) is 18.4 Å². The van der Waals surface area contributed by atoms with Gasteiger partial charge in [-0.25, -0.2) is 0 Å². The number of nitrogens with zero attached hydrogens (tertiary/aromatic N) is 1. The maximum absolute atomic E-state index is 11.6. The third kappa shape index (κ3) is 4.82. The summed E-state index contributed by atoms with van der Waals surface area (Å²) in [6.45, 7) is 4.26. The first-order valence-corrected chi connectivity index (χ1v) is 8.90. The molecule has 0 amide bonds. The van der Waals surface area contributed by atoms with Gasteiger partial charge in [-0.1, -0.05) is 42.5 Å². The van der Waals surface area contributed by atoms with E-state index in [1.807, 2.05) is 42.5 Å². The predicted octanol–water partition coefficient (Wildman–Crippen LogP) is 2.85. The molecule has 2 aromatic carbocycles. The summed E-state index contributed by atoms with van der Waals surface area (Å²) in [5.41, 5.74) is 1.12. The monoisotopic (exact) mass is 341 g/mol.